The number of hydrogen-bond donors (Lipinski definition) is 1. The summed E-state index contributed by atoms with van der Waals surface area (Å²) in [6, 6.07) is 8.44. The molecule has 0 radical (unpaired) electrons. The van der Waals surface area contributed by atoms with Gasteiger partial charge in [0.05, 0.1) is 6.07 Å². The van der Waals surface area contributed by atoms with Gasteiger partial charge in [-0.15, -0.1) is 0 Å². The molecule has 0 amide bonds. The second kappa shape index (κ2) is 5.22. The third-order valence-corrected chi connectivity index (χ3v) is 3.77. The van der Waals surface area contributed by atoms with Gasteiger partial charge >= 0.3 is 0 Å². The zero-order valence-corrected chi connectivity index (χ0v) is 11.9. The summed E-state index contributed by atoms with van der Waals surface area (Å²) in [7, 11) is 0. The van der Waals surface area contributed by atoms with Gasteiger partial charge in [0.1, 0.15) is 17.9 Å². The van der Waals surface area contributed by atoms with Crippen molar-refractivity contribution in [1.82, 2.24) is 0 Å². The van der Waals surface area contributed by atoms with Gasteiger partial charge in [-0.3, -0.25) is 0 Å². The summed E-state index contributed by atoms with van der Waals surface area (Å²) in [6.07, 6.45) is 2.08. The van der Waals surface area contributed by atoms with Crippen molar-refractivity contribution in [3.8, 4) is 11.8 Å². The number of rotatable bonds is 5. The molecule has 0 heterocycles. The molecule has 1 atom stereocenters. The summed E-state index contributed by atoms with van der Waals surface area (Å²) < 4.78 is 5.89. The van der Waals surface area contributed by atoms with E-state index in [1.54, 1.807) is 0 Å². The van der Waals surface area contributed by atoms with Crippen molar-refractivity contribution in [1.29, 1.82) is 5.26 Å². The van der Waals surface area contributed by atoms with E-state index in [4.69, 9.17) is 10.5 Å². The molecular formula is C16H22N2O. The molecule has 2 N–H and O–H groups in total. The Labute approximate surface area is 115 Å². The number of hydrogen-bond acceptors (Lipinski definition) is 3. The lowest BCUT2D eigenvalue weighted by Crippen LogP contribution is -2.46. The van der Waals surface area contributed by atoms with Gasteiger partial charge in [-0.1, -0.05) is 26.0 Å². The molecule has 0 spiro atoms. The highest BCUT2D eigenvalue weighted by atomic mass is 16.5. The molecule has 3 heteroatoms. The fourth-order valence-electron chi connectivity index (χ4n) is 2.28. The van der Waals surface area contributed by atoms with Crippen LogP contribution in [0.25, 0.3) is 0 Å². The van der Waals surface area contributed by atoms with E-state index in [-0.39, 0.29) is 6.61 Å². The molecule has 0 bridgehead atoms. The van der Waals surface area contributed by atoms with Gasteiger partial charge < -0.3 is 10.5 Å². The molecule has 1 aliphatic rings. The summed E-state index contributed by atoms with van der Waals surface area (Å²) in [5.74, 6) is 1.55. The number of ether oxygens (including phenoxy) is 1. The molecule has 1 unspecified atom stereocenters. The van der Waals surface area contributed by atoms with Crippen molar-refractivity contribution in [2.24, 2.45) is 11.7 Å². The van der Waals surface area contributed by atoms with E-state index < -0.39 is 5.54 Å². The Hall–Kier alpha value is -1.53. The Morgan fingerprint density at radius 3 is 2.68 bits per heavy atom. The van der Waals surface area contributed by atoms with Crippen molar-refractivity contribution < 1.29 is 4.74 Å². The molecule has 1 aromatic carbocycles. The monoisotopic (exact) mass is 258 g/mol. The minimum Gasteiger partial charge on any atom is -0.490 e. The molecule has 2 rings (SSSR count). The molecule has 0 aromatic heterocycles. The first kappa shape index (κ1) is 13.9. The van der Waals surface area contributed by atoms with E-state index in [0.29, 0.717) is 11.8 Å². The quantitative estimate of drug-likeness (QED) is 0.882. The van der Waals surface area contributed by atoms with Crippen LogP contribution in [-0.4, -0.2) is 12.1 Å². The largest absolute Gasteiger partial charge is 0.490 e. The first-order valence-electron chi connectivity index (χ1n) is 6.90. The zero-order chi connectivity index (χ0) is 14.0. The summed E-state index contributed by atoms with van der Waals surface area (Å²) in [5.41, 5.74) is 7.62. The van der Waals surface area contributed by atoms with Crippen LogP contribution in [0.4, 0.5) is 0 Å². The summed E-state index contributed by atoms with van der Waals surface area (Å²) >= 11 is 0. The highest BCUT2D eigenvalue weighted by molar-refractivity contribution is 5.39. The van der Waals surface area contributed by atoms with Crippen molar-refractivity contribution in [3.05, 3.63) is 29.3 Å². The van der Waals surface area contributed by atoms with Gasteiger partial charge in [0, 0.05) is 0 Å². The molecule has 3 nitrogen and oxygen atoms in total. The van der Waals surface area contributed by atoms with Crippen molar-refractivity contribution in [2.45, 2.75) is 45.1 Å². The SMILES string of the molecule is Cc1ccc(C(C)C)c(OCC(N)(C#N)C2CC2)c1. The zero-order valence-electron chi connectivity index (χ0n) is 11.9. The van der Waals surface area contributed by atoms with Gasteiger partial charge in [-0.25, -0.2) is 0 Å². The van der Waals surface area contributed by atoms with Crippen LogP contribution in [0.15, 0.2) is 18.2 Å². The number of nitrogens with two attached hydrogens (primary N) is 1. The van der Waals surface area contributed by atoms with Gasteiger partial charge in [-0.05, 0) is 48.8 Å². The maximum atomic E-state index is 9.25. The van der Waals surface area contributed by atoms with Crippen LogP contribution >= 0.6 is 0 Å². The first-order valence-corrected chi connectivity index (χ1v) is 6.90. The lowest BCUT2D eigenvalue weighted by Gasteiger charge is -2.23. The lowest BCUT2D eigenvalue weighted by atomic mass is 9.97. The van der Waals surface area contributed by atoms with Crippen LogP contribution < -0.4 is 10.5 Å². The van der Waals surface area contributed by atoms with Crippen LogP contribution in [0, 0.1) is 24.2 Å². The Bertz CT molecular complexity index is 500. The third kappa shape index (κ3) is 3.08. The maximum Gasteiger partial charge on any atom is 0.141 e. The molecule has 102 valence electrons. The van der Waals surface area contributed by atoms with Crippen molar-refractivity contribution >= 4 is 0 Å². The van der Waals surface area contributed by atoms with Crippen LogP contribution in [-0.2, 0) is 0 Å². The van der Waals surface area contributed by atoms with Gasteiger partial charge in [-0.2, -0.15) is 5.26 Å². The van der Waals surface area contributed by atoms with Crippen LogP contribution in [0.5, 0.6) is 5.75 Å². The van der Waals surface area contributed by atoms with Gasteiger partial charge in [0.25, 0.3) is 0 Å². The van der Waals surface area contributed by atoms with E-state index in [9.17, 15) is 5.26 Å². The molecule has 19 heavy (non-hydrogen) atoms. The highest BCUT2D eigenvalue weighted by Gasteiger charge is 2.43. The number of nitrogens with zero attached hydrogens (tertiary/aromatic N) is 1. The summed E-state index contributed by atoms with van der Waals surface area (Å²) in [4.78, 5) is 0. The first-order chi connectivity index (χ1) is 8.96. The van der Waals surface area contributed by atoms with Crippen LogP contribution in [0.3, 0.4) is 0 Å². The smallest absolute Gasteiger partial charge is 0.141 e. The minimum atomic E-state index is -0.835. The fraction of sp³-hybridized carbons (Fsp3) is 0.562. The Balaban J connectivity index is 2.14. The second-order valence-electron chi connectivity index (χ2n) is 5.91. The van der Waals surface area contributed by atoms with Gasteiger partial charge in [0.15, 0.2) is 0 Å². The average molecular weight is 258 g/mol. The predicted molar refractivity (Wildman–Crippen MR) is 76.0 cm³/mol. The van der Waals surface area contributed by atoms with E-state index in [2.05, 4.69) is 32.0 Å². The number of aryl methyl sites for hydroxylation is 1. The van der Waals surface area contributed by atoms with E-state index in [1.165, 1.54) is 5.56 Å². The van der Waals surface area contributed by atoms with E-state index >= 15 is 0 Å². The molecule has 1 aromatic rings. The standard InChI is InChI=1S/C16H22N2O/c1-11(2)14-7-4-12(3)8-15(14)19-10-16(18,9-17)13-5-6-13/h4,7-8,11,13H,5-6,10,18H2,1-3H3. The number of benzene rings is 1. The molecule has 1 saturated carbocycles. The molecule has 0 aliphatic heterocycles. The fourth-order valence-corrected chi connectivity index (χ4v) is 2.28. The Kier molecular flexibility index (Phi) is 3.82. The normalized spacial score (nSPS) is 17.9. The van der Waals surface area contributed by atoms with Crippen LogP contribution in [0.2, 0.25) is 0 Å². The minimum absolute atomic E-state index is 0.275. The van der Waals surface area contributed by atoms with Crippen molar-refractivity contribution in [3.63, 3.8) is 0 Å². The summed E-state index contributed by atoms with van der Waals surface area (Å²) in [6.45, 7) is 6.59. The predicted octanol–water partition coefficient (Wildman–Crippen LogP) is 3.13. The maximum absolute atomic E-state index is 9.25. The van der Waals surface area contributed by atoms with Crippen molar-refractivity contribution in [2.75, 3.05) is 6.61 Å². The topological polar surface area (TPSA) is 59.0 Å². The number of nitriles is 1. The molecular weight excluding hydrogens is 236 g/mol. The summed E-state index contributed by atoms with van der Waals surface area (Å²) in [5, 5.41) is 9.25. The molecule has 1 aliphatic carbocycles. The lowest BCUT2D eigenvalue weighted by molar-refractivity contribution is 0.234. The van der Waals surface area contributed by atoms with Crippen LogP contribution in [0.1, 0.15) is 43.7 Å². The van der Waals surface area contributed by atoms with E-state index in [1.807, 2.05) is 13.0 Å². The Morgan fingerprint density at radius 2 is 2.16 bits per heavy atom. The molecule has 1 fully saturated rings. The molecule has 0 saturated heterocycles. The third-order valence-electron chi connectivity index (χ3n) is 3.77. The van der Waals surface area contributed by atoms with E-state index in [0.717, 1.165) is 24.2 Å². The average Bonchev–Trinajstić information content (AvgIpc) is 3.20. The van der Waals surface area contributed by atoms with Gasteiger partial charge in [0.2, 0.25) is 0 Å². The Morgan fingerprint density at radius 1 is 1.47 bits per heavy atom. The highest BCUT2D eigenvalue weighted by Crippen LogP contribution is 2.38. The second-order valence-corrected chi connectivity index (χ2v) is 5.91.